The molecule has 0 fully saturated rings. The lowest BCUT2D eigenvalue weighted by molar-refractivity contribution is -0.384. The summed E-state index contributed by atoms with van der Waals surface area (Å²) in [6.45, 7) is 9.99. The predicted molar refractivity (Wildman–Crippen MR) is 117 cm³/mol. The van der Waals surface area contributed by atoms with Gasteiger partial charge in [-0.05, 0) is 36.1 Å². The molecule has 1 aromatic heterocycles. The Bertz CT molecular complexity index is 945. The summed E-state index contributed by atoms with van der Waals surface area (Å²) in [5.41, 5.74) is 5.07. The molecule has 0 saturated carbocycles. The summed E-state index contributed by atoms with van der Waals surface area (Å²) in [4.78, 5) is 12.9. The summed E-state index contributed by atoms with van der Waals surface area (Å²) >= 11 is 0. The third-order valence-electron chi connectivity index (χ3n) is 4.92. The smallest absolute Gasteiger partial charge is 0.269 e. The minimum absolute atomic E-state index is 0.135. The lowest BCUT2D eigenvalue weighted by Gasteiger charge is -2.25. The number of hydrogen-bond acceptors (Lipinski definition) is 3. The molecule has 0 spiro atoms. The van der Waals surface area contributed by atoms with E-state index in [2.05, 4.69) is 72.8 Å². The first-order valence-electron chi connectivity index (χ1n) is 10.1. The van der Waals surface area contributed by atoms with Gasteiger partial charge < -0.3 is 4.57 Å². The van der Waals surface area contributed by atoms with E-state index < -0.39 is 0 Å². The third kappa shape index (κ3) is 6.03. The highest BCUT2D eigenvalue weighted by Gasteiger charge is 2.13. The van der Waals surface area contributed by atoms with Crippen LogP contribution in [0.15, 0.2) is 66.9 Å². The second-order valence-corrected chi connectivity index (χ2v) is 8.10. The Morgan fingerprint density at radius 2 is 1.76 bits per heavy atom. The topological polar surface area (TPSA) is 51.3 Å². The molecular weight excluding hydrogens is 362 g/mol. The van der Waals surface area contributed by atoms with E-state index in [1.807, 2.05) is 12.1 Å². The van der Waals surface area contributed by atoms with E-state index in [1.165, 1.54) is 16.8 Å². The molecule has 0 atom stereocenters. The molecule has 1 heterocycles. The number of nitro benzene ring substituents is 1. The number of hydrogen-bond donors (Lipinski definition) is 0. The number of non-ortho nitro benzene ring substituents is 1. The molecule has 0 N–H and O–H groups in total. The molecular formula is C24H29N3O2. The van der Waals surface area contributed by atoms with Crippen LogP contribution in [0.1, 0.15) is 36.2 Å². The van der Waals surface area contributed by atoms with Crippen molar-refractivity contribution in [2.24, 2.45) is 5.92 Å². The summed E-state index contributed by atoms with van der Waals surface area (Å²) in [7, 11) is 0. The van der Waals surface area contributed by atoms with Crippen molar-refractivity contribution in [3.63, 3.8) is 0 Å². The lowest BCUT2D eigenvalue weighted by atomic mass is 10.1. The molecule has 5 heteroatoms. The highest BCUT2D eigenvalue weighted by atomic mass is 16.6. The van der Waals surface area contributed by atoms with Gasteiger partial charge >= 0.3 is 0 Å². The van der Waals surface area contributed by atoms with Gasteiger partial charge in [-0.1, -0.05) is 55.8 Å². The van der Waals surface area contributed by atoms with E-state index in [4.69, 9.17) is 0 Å². The third-order valence-corrected chi connectivity index (χ3v) is 4.92. The minimum atomic E-state index is -0.353. The Labute approximate surface area is 172 Å². The maximum Gasteiger partial charge on any atom is 0.269 e. The largest absolute Gasteiger partial charge is 0.346 e. The molecule has 152 valence electrons. The van der Waals surface area contributed by atoms with Gasteiger partial charge in [0.05, 0.1) is 4.92 Å². The Morgan fingerprint density at radius 3 is 2.41 bits per heavy atom. The first kappa shape index (κ1) is 20.8. The maximum absolute atomic E-state index is 10.9. The maximum atomic E-state index is 10.9. The van der Waals surface area contributed by atoms with E-state index >= 15 is 0 Å². The summed E-state index contributed by atoms with van der Waals surface area (Å²) in [5, 5.41) is 10.9. The number of rotatable bonds is 9. The molecule has 0 aliphatic heterocycles. The van der Waals surface area contributed by atoms with Crippen molar-refractivity contribution < 1.29 is 4.92 Å². The van der Waals surface area contributed by atoms with E-state index in [0.29, 0.717) is 5.92 Å². The first-order valence-corrected chi connectivity index (χ1v) is 10.1. The summed E-state index contributed by atoms with van der Waals surface area (Å²) in [6.07, 6.45) is 2.14. The second kappa shape index (κ2) is 9.52. The molecule has 0 amide bonds. The molecule has 3 aromatic rings. The number of benzene rings is 2. The molecule has 0 bridgehead atoms. The quantitative estimate of drug-likeness (QED) is 0.362. The van der Waals surface area contributed by atoms with Crippen molar-refractivity contribution in [1.29, 1.82) is 0 Å². The summed E-state index contributed by atoms with van der Waals surface area (Å²) < 4.78 is 2.30. The minimum Gasteiger partial charge on any atom is -0.346 e. The van der Waals surface area contributed by atoms with Crippen molar-refractivity contribution in [3.8, 4) is 0 Å². The zero-order valence-corrected chi connectivity index (χ0v) is 17.4. The van der Waals surface area contributed by atoms with Crippen LogP contribution in [0.25, 0.3) is 0 Å². The molecule has 0 unspecified atom stereocenters. The van der Waals surface area contributed by atoms with Crippen LogP contribution < -0.4 is 0 Å². The van der Waals surface area contributed by atoms with E-state index in [0.717, 1.165) is 31.7 Å². The van der Waals surface area contributed by atoms with Gasteiger partial charge in [0.25, 0.3) is 5.69 Å². The van der Waals surface area contributed by atoms with Crippen LogP contribution in [0, 0.1) is 23.0 Å². The van der Waals surface area contributed by atoms with Crippen molar-refractivity contribution in [2.45, 2.75) is 40.4 Å². The van der Waals surface area contributed by atoms with Crippen LogP contribution in [0.4, 0.5) is 5.69 Å². The second-order valence-electron chi connectivity index (χ2n) is 8.10. The number of aromatic nitrogens is 1. The number of nitro groups is 1. The Hall–Kier alpha value is -2.92. The monoisotopic (exact) mass is 391 g/mol. The fourth-order valence-electron chi connectivity index (χ4n) is 3.67. The van der Waals surface area contributed by atoms with Gasteiger partial charge in [0.15, 0.2) is 0 Å². The molecule has 3 rings (SSSR count). The zero-order valence-electron chi connectivity index (χ0n) is 17.4. The fourth-order valence-corrected chi connectivity index (χ4v) is 3.67. The van der Waals surface area contributed by atoms with Crippen LogP contribution in [-0.4, -0.2) is 20.9 Å². The normalized spacial score (nSPS) is 11.3. The molecule has 0 aliphatic carbocycles. The highest BCUT2D eigenvalue weighted by Crippen LogP contribution is 2.17. The average molecular weight is 392 g/mol. The van der Waals surface area contributed by atoms with Gasteiger partial charge in [-0.15, -0.1) is 0 Å². The van der Waals surface area contributed by atoms with E-state index in [-0.39, 0.29) is 10.6 Å². The molecule has 2 aromatic carbocycles. The van der Waals surface area contributed by atoms with Crippen molar-refractivity contribution in [2.75, 3.05) is 6.54 Å². The SMILES string of the molecule is Cc1cccc(Cn2cccc2CN(Cc2ccc([N+](=O)[O-])cc2)CC(C)C)c1. The molecule has 5 nitrogen and oxygen atoms in total. The van der Waals surface area contributed by atoms with Crippen LogP contribution in [-0.2, 0) is 19.6 Å². The highest BCUT2D eigenvalue weighted by molar-refractivity contribution is 5.33. The predicted octanol–water partition coefficient (Wildman–Crippen LogP) is 5.41. The lowest BCUT2D eigenvalue weighted by Crippen LogP contribution is -2.28. The average Bonchev–Trinajstić information content (AvgIpc) is 3.08. The van der Waals surface area contributed by atoms with Gasteiger partial charge in [-0.3, -0.25) is 15.0 Å². The van der Waals surface area contributed by atoms with Crippen molar-refractivity contribution >= 4 is 5.69 Å². The van der Waals surface area contributed by atoms with E-state index in [9.17, 15) is 10.1 Å². The van der Waals surface area contributed by atoms with Crippen LogP contribution >= 0.6 is 0 Å². The molecule has 0 aliphatic rings. The van der Waals surface area contributed by atoms with Crippen LogP contribution in [0.3, 0.4) is 0 Å². The van der Waals surface area contributed by atoms with E-state index in [1.54, 1.807) is 12.1 Å². The number of nitrogens with zero attached hydrogens (tertiary/aromatic N) is 3. The van der Waals surface area contributed by atoms with Gasteiger partial charge in [0, 0.05) is 50.2 Å². The van der Waals surface area contributed by atoms with Crippen molar-refractivity contribution in [3.05, 3.63) is 99.4 Å². The number of aryl methyl sites for hydroxylation is 1. The van der Waals surface area contributed by atoms with Crippen LogP contribution in [0.5, 0.6) is 0 Å². The Morgan fingerprint density at radius 1 is 1.00 bits per heavy atom. The van der Waals surface area contributed by atoms with Gasteiger partial charge in [0.2, 0.25) is 0 Å². The Kier molecular flexibility index (Phi) is 6.83. The van der Waals surface area contributed by atoms with Gasteiger partial charge in [-0.2, -0.15) is 0 Å². The summed E-state index contributed by atoms with van der Waals surface area (Å²) in [5.74, 6) is 0.535. The van der Waals surface area contributed by atoms with Crippen molar-refractivity contribution in [1.82, 2.24) is 9.47 Å². The zero-order chi connectivity index (χ0) is 20.8. The molecule has 0 radical (unpaired) electrons. The fraction of sp³-hybridized carbons (Fsp3) is 0.333. The molecule has 29 heavy (non-hydrogen) atoms. The summed E-state index contributed by atoms with van der Waals surface area (Å²) in [6, 6.07) is 19.8. The Balaban J connectivity index is 1.73. The van der Waals surface area contributed by atoms with Gasteiger partial charge in [0.1, 0.15) is 0 Å². The van der Waals surface area contributed by atoms with Crippen LogP contribution in [0.2, 0.25) is 0 Å². The first-order chi connectivity index (χ1) is 13.9. The van der Waals surface area contributed by atoms with Gasteiger partial charge in [-0.25, -0.2) is 0 Å². The standard InChI is InChI=1S/C24H29N3O2/c1-19(2)15-25(16-21-9-11-23(12-10-21)27(28)29)18-24-8-5-13-26(24)17-22-7-4-6-20(3)14-22/h4-14,19H,15-18H2,1-3H3. The molecule has 0 saturated heterocycles.